The first kappa shape index (κ1) is 33.3. The maximum atomic E-state index is 9.22. The van der Waals surface area contributed by atoms with Gasteiger partial charge in [0.05, 0.1) is 31.8 Å². The van der Waals surface area contributed by atoms with Gasteiger partial charge in [-0.15, -0.1) is 0 Å². The average molecular weight is 471 g/mol. The predicted molar refractivity (Wildman–Crippen MR) is 128 cm³/mol. The molecule has 8 heteroatoms. The monoisotopic (exact) mass is 470 g/mol. The van der Waals surface area contributed by atoms with Gasteiger partial charge in [-0.25, -0.2) is 0 Å². The molecule has 0 spiro atoms. The van der Waals surface area contributed by atoms with Crippen LogP contribution < -0.4 is 0 Å². The van der Waals surface area contributed by atoms with Crippen LogP contribution in [-0.4, -0.2) is 63.0 Å². The van der Waals surface area contributed by atoms with Crippen LogP contribution in [0.15, 0.2) is 0 Å². The van der Waals surface area contributed by atoms with Crippen LogP contribution in [0.4, 0.5) is 0 Å². The molecule has 0 aliphatic carbocycles. The first-order valence-corrected chi connectivity index (χ1v) is 13.4. The molecule has 0 atom stereocenters. The van der Waals surface area contributed by atoms with Gasteiger partial charge in [-0.3, -0.25) is 0 Å². The molecule has 0 aliphatic rings. The summed E-state index contributed by atoms with van der Waals surface area (Å²) in [5.74, 6) is 0. The van der Waals surface area contributed by atoms with Crippen molar-refractivity contribution in [2.45, 2.75) is 110 Å². The van der Waals surface area contributed by atoms with Gasteiger partial charge in [0.25, 0.3) is 0 Å². The predicted octanol–water partition coefficient (Wildman–Crippen LogP) is 4.42. The SMILES string of the molecule is CCCCCCCCCCCCCCCCCCOCC(CO)(CO)CO.OP(O)O. The van der Waals surface area contributed by atoms with Crippen molar-refractivity contribution in [2.75, 3.05) is 33.0 Å². The molecule has 31 heavy (non-hydrogen) atoms. The molecule has 0 heterocycles. The highest BCUT2D eigenvalue weighted by molar-refractivity contribution is 7.38. The Hall–Kier alpha value is 0.150. The Balaban J connectivity index is 0. The summed E-state index contributed by atoms with van der Waals surface area (Å²) in [6.45, 7) is 2.38. The number of aliphatic hydroxyl groups excluding tert-OH is 3. The van der Waals surface area contributed by atoms with Crippen molar-refractivity contribution < 1.29 is 34.7 Å². The lowest BCUT2D eigenvalue weighted by Gasteiger charge is -2.26. The molecule has 0 aromatic rings. The third kappa shape index (κ3) is 26.3. The van der Waals surface area contributed by atoms with Crippen LogP contribution in [-0.2, 0) is 4.74 Å². The number of hydrogen-bond donors (Lipinski definition) is 6. The summed E-state index contributed by atoms with van der Waals surface area (Å²) in [5.41, 5.74) is -0.894. The normalized spacial score (nSPS) is 11.6. The van der Waals surface area contributed by atoms with Crippen molar-refractivity contribution in [2.24, 2.45) is 5.41 Å². The summed E-state index contributed by atoms with van der Waals surface area (Å²) in [6, 6.07) is 0. The summed E-state index contributed by atoms with van der Waals surface area (Å²) in [4.78, 5) is 21.7. The number of aliphatic hydroxyl groups is 3. The van der Waals surface area contributed by atoms with Crippen LogP contribution in [0.5, 0.6) is 0 Å². The second kappa shape index (κ2) is 26.4. The molecule has 0 rings (SSSR count). The molecule has 0 saturated carbocycles. The lowest BCUT2D eigenvalue weighted by atomic mass is 9.93. The molecule has 0 fully saturated rings. The summed E-state index contributed by atoms with van der Waals surface area (Å²) in [6.07, 6.45) is 21.6. The molecule has 6 N–H and O–H groups in total. The van der Waals surface area contributed by atoms with Gasteiger partial charge in [0.15, 0.2) is 0 Å². The van der Waals surface area contributed by atoms with Crippen molar-refractivity contribution in [3.05, 3.63) is 0 Å². The maximum Gasteiger partial charge on any atom is 0.324 e. The van der Waals surface area contributed by atoms with Gasteiger partial charge in [0.1, 0.15) is 0 Å². The minimum atomic E-state index is -2.62. The van der Waals surface area contributed by atoms with Crippen LogP contribution in [0, 0.1) is 5.41 Å². The minimum absolute atomic E-state index is 0.218. The standard InChI is InChI=1S/C23H48O4.H3O3P/c1-2-3-4-5-6-7-8-9-10-11-12-13-14-15-16-17-18-27-22-23(19-24,20-25)21-26;1-4(2)3/h24-26H,2-22H2,1H3;1-3H. The number of unbranched alkanes of at least 4 members (excludes halogenated alkanes) is 15. The molecule has 190 valence electrons. The van der Waals surface area contributed by atoms with Gasteiger partial charge in [-0.1, -0.05) is 103 Å². The van der Waals surface area contributed by atoms with E-state index < -0.39 is 14.0 Å². The fourth-order valence-electron chi connectivity index (χ4n) is 3.33. The largest absolute Gasteiger partial charge is 0.396 e. The summed E-state index contributed by atoms with van der Waals surface area (Å²) in [5, 5.41) is 27.7. The van der Waals surface area contributed by atoms with Crippen LogP contribution in [0.2, 0.25) is 0 Å². The molecular formula is C23H51O7P. The van der Waals surface area contributed by atoms with E-state index >= 15 is 0 Å². The fourth-order valence-corrected chi connectivity index (χ4v) is 3.33. The molecular weight excluding hydrogens is 419 g/mol. The summed E-state index contributed by atoms with van der Waals surface area (Å²) < 4.78 is 5.51. The summed E-state index contributed by atoms with van der Waals surface area (Å²) >= 11 is 0. The maximum absolute atomic E-state index is 9.22. The molecule has 0 saturated heterocycles. The Labute approximate surface area is 191 Å². The quantitative estimate of drug-likeness (QED) is 0.102. The van der Waals surface area contributed by atoms with Crippen molar-refractivity contribution >= 4 is 8.60 Å². The van der Waals surface area contributed by atoms with E-state index in [-0.39, 0.29) is 26.4 Å². The van der Waals surface area contributed by atoms with Crippen molar-refractivity contribution in [3.63, 3.8) is 0 Å². The van der Waals surface area contributed by atoms with Crippen LogP contribution in [0.1, 0.15) is 110 Å². The topological polar surface area (TPSA) is 131 Å². The number of hydrogen-bond acceptors (Lipinski definition) is 7. The Morgan fingerprint density at radius 3 is 1.13 bits per heavy atom. The van der Waals surface area contributed by atoms with E-state index in [4.69, 9.17) is 19.4 Å². The smallest absolute Gasteiger partial charge is 0.324 e. The van der Waals surface area contributed by atoms with Crippen LogP contribution in [0.25, 0.3) is 0 Å². The Morgan fingerprint density at radius 2 is 0.839 bits per heavy atom. The molecule has 7 nitrogen and oxygen atoms in total. The number of rotatable bonds is 22. The zero-order chi connectivity index (χ0) is 23.6. The van der Waals surface area contributed by atoms with Crippen molar-refractivity contribution in [1.29, 1.82) is 0 Å². The highest BCUT2D eigenvalue weighted by Crippen LogP contribution is 2.16. The van der Waals surface area contributed by atoms with Gasteiger partial charge in [0, 0.05) is 6.61 Å². The van der Waals surface area contributed by atoms with Gasteiger partial charge >= 0.3 is 8.60 Å². The fraction of sp³-hybridized carbons (Fsp3) is 1.00. The Morgan fingerprint density at radius 1 is 0.548 bits per heavy atom. The molecule has 0 aliphatic heterocycles. The van der Waals surface area contributed by atoms with E-state index in [9.17, 15) is 15.3 Å². The van der Waals surface area contributed by atoms with Crippen LogP contribution in [0.3, 0.4) is 0 Å². The van der Waals surface area contributed by atoms with E-state index in [1.165, 1.54) is 96.3 Å². The molecule has 0 aromatic carbocycles. The second-order valence-corrected chi connectivity index (χ2v) is 9.14. The van der Waals surface area contributed by atoms with Gasteiger partial charge in [-0.05, 0) is 6.42 Å². The molecule has 0 aromatic heterocycles. The molecule has 0 unspecified atom stereocenters. The highest BCUT2D eigenvalue weighted by Gasteiger charge is 2.28. The zero-order valence-electron chi connectivity index (χ0n) is 19.9. The third-order valence-electron chi connectivity index (χ3n) is 5.56. The van der Waals surface area contributed by atoms with Crippen molar-refractivity contribution in [1.82, 2.24) is 0 Å². The Bertz CT molecular complexity index is 318. The zero-order valence-corrected chi connectivity index (χ0v) is 20.8. The Kier molecular flexibility index (Phi) is 28.4. The van der Waals surface area contributed by atoms with Crippen molar-refractivity contribution in [3.8, 4) is 0 Å². The van der Waals surface area contributed by atoms with E-state index in [1.54, 1.807) is 0 Å². The highest BCUT2D eigenvalue weighted by atomic mass is 31.2. The number of ether oxygens (including phenoxy) is 1. The lowest BCUT2D eigenvalue weighted by Crippen LogP contribution is -2.38. The average Bonchev–Trinajstić information content (AvgIpc) is 2.75. The van der Waals surface area contributed by atoms with Gasteiger partial charge < -0.3 is 34.7 Å². The molecule has 0 radical (unpaired) electrons. The first-order chi connectivity index (χ1) is 15.0. The molecule has 0 amide bonds. The first-order valence-electron chi connectivity index (χ1n) is 12.2. The minimum Gasteiger partial charge on any atom is -0.396 e. The lowest BCUT2D eigenvalue weighted by molar-refractivity contribution is -0.0582. The second-order valence-electron chi connectivity index (χ2n) is 8.60. The molecule has 0 bridgehead atoms. The van der Waals surface area contributed by atoms with E-state index in [1.807, 2.05) is 0 Å². The van der Waals surface area contributed by atoms with Crippen LogP contribution >= 0.6 is 8.60 Å². The summed E-state index contributed by atoms with van der Waals surface area (Å²) in [7, 11) is -2.62. The van der Waals surface area contributed by atoms with E-state index in [0.29, 0.717) is 6.61 Å². The third-order valence-corrected chi connectivity index (χ3v) is 5.56. The van der Waals surface area contributed by atoms with Gasteiger partial charge in [0.2, 0.25) is 0 Å². The van der Waals surface area contributed by atoms with E-state index in [0.717, 1.165) is 6.42 Å². The van der Waals surface area contributed by atoms with E-state index in [2.05, 4.69) is 6.92 Å². The van der Waals surface area contributed by atoms with Gasteiger partial charge in [-0.2, -0.15) is 0 Å².